The van der Waals surface area contributed by atoms with Crippen LogP contribution in [0.3, 0.4) is 0 Å². The van der Waals surface area contributed by atoms with Gasteiger partial charge in [-0.1, -0.05) is 158 Å². The van der Waals surface area contributed by atoms with Crippen molar-refractivity contribution in [2.45, 2.75) is 0 Å². The van der Waals surface area contributed by atoms with E-state index in [9.17, 15) is 0 Å². The summed E-state index contributed by atoms with van der Waals surface area (Å²) in [6.07, 6.45) is 0. The van der Waals surface area contributed by atoms with Gasteiger partial charge in [-0.3, -0.25) is 4.57 Å². The van der Waals surface area contributed by atoms with E-state index in [0.717, 1.165) is 33.2 Å². The summed E-state index contributed by atoms with van der Waals surface area (Å²) in [5.74, 6) is 0.665. The minimum atomic E-state index is 0.665. The van der Waals surface area contributed by atoms with Crippen LogP contribution in [0.25, 0.3) is 115 Å². The fourth-order valence-corrected chi connectivity index (χ4v) is 9.09. The molecule has 0 radical (unpaired) electrons. The lowest BCUT2D eigenvalue weighted by Crippen LogP contribution is -2.04. The van der Waals surface area contributed by atoms with Gasteiger partial charge in [0.1, 0.15) is 0 Å². The van der Waals surface area contributed by atoms with Crippen LogP contribution in [0.5, 0.6) is 0 Å². The third-order valence-electron chi connectivity index (χ3n) is 11.3. The van der Waals surface area contributed by atoms with Crippen molar-refractivity contribution < 1.29 is 0 Å². The average molecular weight is 672 g/mol. The molecule has 0 fully saturated rings. The van der Waals surface area contributed by atoms with E-state index in [0.29, 0.717) is 5.95 Å². The molecule has 0 bridgehead atoms. The maximum atomic E-state index is 5.53. The highest BCUT2D eigenvalue weighted by molar-refractivity contribution is 6.42. The zero-order chi connectivity index (χ0) is 34.6. The molecule has 3 heteroatoms. The van der Waals surface area contributed by atoms with E-state index in [1.165, 1.54) is 75.4 Å². The minimum absolute atomic E-state index is 0.665. The van der Waals surface area contributed by atoms with Crippen LogP contribution < -0.4 is 0 Å². The summed E-state index contributed by atoms with van der Waals surface area (Å²) >= 11 is 0. The van der Waals surface area contributed by atoms with Gasteiger partial charge < -0.3 is 0 Å². The summed E-state index contributed by atoms with van der Waals surface area (Å²) in [7, 11) is 0. The van der Waals surface area contributed by atoms with E-state index >= 15 is 0 Å². The molecule has 0 saturated carbocycles. The average Bonchev–Trinajstić information content (AvgIpc) is 3.58. The fourth-order valence-electron chi connectivity index (χ4n) is 9.09. The van der Waals surface area contributed by atoms with Gasteiger partial charge in [0.15, 0.2) is 0 Å². The van der Waals surface area contributed by atoms with E-state index in [2.05, 4.69) is 180 Å². The largest absolute Gasteiger partial charge is 0.277 e. The first-order chi connectivity index (χ1) is 26.3. The van der Waals surface area contributed by atoms with Gasteiger partial charge in [0.05, 0.1) is 22.2 Å². The van der Waals surface area contributed by atoms with Crippen molar-refractivity contribution in [1.82, 2.24) is 14.5 Å². The molecule has 0 aliphatic rings. The summed E-state index contributed by atoms with van der Waals surface area (Å²) in [4.78, 5) is 10.9. The molecule has 0 N–H and O–H groups in total. The Morgan fingerprint density at radius 1 is 0.340 bits per heavy atom. The molecule has 12 rings (SSSR count). The second-order valence-electron chi connectivity index (χ2n) is 14.1. The normalized spacial score (nSPS) is 12.2. The first-order valence-corrected chi connectivity index (χ1v) is 18.2. The van der Waals surface area contributed by atoms with Crippen molar-refractivity contribution in [2.24, 2.45) is 0 Å². The molecule has 0 saturated heterocycles. The van der Waals surface area contributed by atoms with E-state index in [1.807, 2.05) is 0 Å². The molecule has 53 heavy (non-hydrogen) atoms. The molecule has 12 aromatic rings. The number of fused-ring (bicyclic) bond motifs is 17. The van der Waals surface area contributed by atoms with Gasteiger partial charge in [0, 0.05) is 32.5 Å². The second kappa shape index (κ2) is 10.7. The first-order valence-electron chi connectivity index (χ1n) is 18.2. The van der Waals surface area contributed by atoms with Crippen LogP contribution >= 0.6 is 0 Å². The monoisotopic (exact) mass is 671 g/mol. The van der Waals surface area contributed by atoms with Crippen molar-refractivity contribution in [2.75, 3.05) is 0 Å². The number of rotatable bonds is 2. The summed E-state index contributed by atoms with van der Waals surface area (Å²) in [5.41, 5.74) is 5.12. The molecule has 10 aromatic carbocycles. The molecule has 0 spiro atoms. The zero-order valence-electron chi connectivity index (χ0n) is 28.6. The van der Waals surface area contributed by atoms with Crippen LogP contribution in [-0.2, 0) is 0 Å². The highest BCUT2D eigenvalue weighted by atomic mass is 15.2. The molecule has 2 heterocycles. The highest BCUT2D eigenvalue weighted by Crippen LogP contribution is 2.47. The topological polar surface area (TPSA) is 30.7 Å². The molecular formula is C50H29N3. The molecular weight excluding hydrogens is 643 g/mol. The minimum Gasteiger partial charge on any atom is -0.277 e. The lowest BCUT2D eigenvalue weighted by Gasteiger charge is -2.16. The maximum Gasteiger partial charge on any atom is 0.235 e. The highest BCUT2D eigenvalue weighted by Gasteiger charge is 2.24. The third kappa shape index (κ3) is 3.94. The van der Waals surface area contributed by atoms with E-state index in [4.69, 9.17) is 9.97 Å². The van der Waals surface area contributed by atoms with Crippen LogP contribution in [0.4, 0.5) is 0 Å². The Balaban J connectivity index is 1.25. The van der Waals surface area contributed by atoms with Crippen LogP contribution in [0.1, 0.15) is 0 Å². The second-order valence-corrected chi connectivity index (χ2v) is 14.1. The third-order valence-corrected chi connectivity index (χ3v) is 11.3. The maximum absolute atomic E-state index is 5.53. The first kappa shape index (κ1) is 28.6. The van der Waals surface area contributed by atoms with E-state index < -0.39 is 0 Å². The van der Waals surface area contributed by atoms with Gasteiger partial charge in [0.2, 0.25) is 5.95 Å². The van der Waals surface area contributed by atoms with Crippen molar-refractivity contribution in [3.8, 4) is 17.2 Å². The summed E-state index contributed by atoms with van der Waals surface area (Å²) in [6, 6.07) is 63.6. The fraction of sp³-hybridized carbons (Fsp3) is 0. The van der Waals surface area contributed by atoms with Crippen LogP contribution in [0, 0.1) is 0 Å². The van der Waals surface area contributed by atoms with E-state index in [1.54, 1.807) is 0 Å². The Morgan fingerprint density at radius 3 is 1.66 bits per heavy atom. The van der Waals surface area contributed by atoms with Crippen molar-refractivity contribution in [3.63, 3.8) is 0 Å². The number of nitrogens with zero attached hydrogens (tertiary/aromatic N) is 3. The Kier molecular flexibility index (Phi) is 5.77. The standard InChI is InChI=1S/C50H29N3/c1-2-14-33-30(13-1)25-26-31-29-32(27-28-34(31)33)48-41-21-9-11-23-43(41)51-50(52-48)53-44-24-12-10-22-42(44)47-46-38-18-6-4-16-36(38)35-15-3-5-17-37(35)45(46)39-19-7-8-20-40(39)49(47)53/h1-29H. The van der Waals surface area contributed by atoms with Gasteiger partial charge >= 0.3 is 0 Å². The molecule has 2 aromatic heterocycles. The molecule has 3 nitrogen and oxygen atoms in total. The van der Waals surface area contributed by atoms with Gasteiger partial charge in [0.25, 0.3) is 0 Å². The molecule has 0 aliphatic carbocycles. The number of para-hydroxylation sites is 2. The Morgan fingerprint density at radius 2 is 0.887 bits per heavy atom. The van der Waals surface area contributed by atoms with Gasteiger partial charge in [-0.25, -0.2) is 9.97 Å². The van der Waals surface area contributed by atoms with Gasteiger partial charge in [-0.05, 0) is 72.1 Å². The quantitative estimate of drug-likeness (QED) is 0.171. The molecule has 0 atom stereocenters. The molecule has 0 unspecified atom stereocenters. The van der Waals surface area contributed by atoms with Crippen LogP contribution in [0.2, 0.25) is 0 Å². The number of hydrogen-bond acceptors (Lipinski definition) is 2. The lowest BCUT2D eigenvalue weighted by molar-refractivity contribution is 1.02. The van der Waals surface area contributed by atoms with Crippen LogP contribution in [-0.4, -0.2) is 14.5 Å². The van der Waals surface area contributed by atoms with Crippen molar-refractivity contribution in [3.05, 3.63) is 176 Å². The Labute approximate surface area is 304 Å². The Hall–Kier alpha value is -7.10. The predicted molar refractivity (Wildman–Crippen MR) is 224 cm³/mol. The van der Waals surface area contributed by atoms with Crippen molar-refractivity contribution in [1.29, 1.82) is 0 Å². The Bertz CT molecular complexity index is 3520. The van der Waals surface area contributed by atoms with Gasteiger partial charge in [-0.15, -0.1) is 0 Å². The lowest BCUT2D eigenvalue weighted by atomic mass is 9.88. The SMILES string of the molecule is c1ccc2c(c1)ccc1cc(-c3nc(-n4c5ccccc5c5c6c7ccccc7c7ccccc7c6c6ccccc6c54)nc4ccccc34)ccc12. The summed E-state index contributed by atoms with van der Waals surface area (Å²) in [6.45, 7) is 0. The smallest absolute Gasteiger partial charge is 0.235 e. The zero-order valence-corrected chi connectivity index (χ0v) is 28.6. The van der Waals surface area contributed by atoms with E-state index in [-0.39, 0.29) is 0 Å². The predicted octanol–water partition coefficient (Wildman–Crippen LogP) is 13.3. The number of benzene rings is 10. The number of aromatic nitrogens is 3. The van der Waals surface area contributed by atoms with Gasteiger partial charge in [-0.2, -0.15) is 0 Å². The molecule has 244 valence electrons. The van der Waals surface area contributed by atoms with Crippen LogP contribution in [0.15, 0.2) is 176 Å². The van der Waals surface area contributed by atoms with Crippen molar-refractivity contribution >= 4 is 97.3 Å². The summed E-state index contributed by atoms with van der Waals surface area (Å²) in [5, 5.41) is 18.4. The number of hydrogen-bond donors (Lipinski definition) is 0. The molecule has 0 aliphatic heterocycles. The molecule has 0 amide bonds. The summed E-state index contributed by atoms with van der Waals surface area (Å²) < 4.78 is 2.32.